The van der Waals surface area contributed by atoms with Gasteiger partial charge in [-0.2, -0.15) is 4.31 Å². The molecule has 0 bridgehead atoms. The maximum Gasteiger partial charge on any atom is 0.246 e. The molecule has 0 spiro atoms. The number of sulfonamides is 1. The molecule has 0 amide bonds. The molecule has 1 aliphatic rings. The fraction of sp³-hybridized carbons (Fsp3) is 0.250. The average Bonchev–Trinajstić information content (AvgIpc) is 3.10. The van der Waals surface area contributed by atoms with Crippen LogP contribution < -0.4 is 5.32 Å². The van der Waals surface area contributed by atoms with Crippen LogP contribution in [0.3, 0.4) is 0 Å². The SMILES string of the molecule is O=S(=O)(c1cccc2nonc12)N1CCNCC1c1cccc(Cl)c1. The lowest BCUT2D eigenvalue weighted by Crippen LogP contribution is -2.48. The third-order valence-corrected chi connectivity index (χ3v) is 6.44. The zero-order valence-corrected chi connectivity index (χ0v) is 14.7. The first kappa shape index (κ1) is 16.5. The van der Waals surface area contributed by atoms with E-state index in [2.05, 4.69) is 15.6 Å². The van der Waals surface area contributed by atoms with Crippen LogP contribution in [0.4, 0.5) is 0 Å². The highest BCUT2D eigenvalue weighted by molar-refractivity contribution is 7.89. The summed E-state index contributed by atoms with van der Waals surface area (Å²) in [5.74, 6) is 0. The zero-order valence-electron chi connectivity index (χ0n) is 13.1. The summed E-state index contributed by atoms with van der Waals surface area (Å²) in [5, 5.41) is 11.3. The number of rotatable bonds is 3. The topological polar surface area (TPSA) is 88.3 Å². The van der Waals surface area contributed by atoms with E-state index in [9.17, 15) is 8.42 Å². The van der Waals surface area contributed by atoms with E-state index in [-0.39, 0.29) is 16.5 Å². The molecule has 0 radical (unpaired) electrons. The Hall–Kier alpha value is -2.00. The summed E-state index contributed by atoms with van der Waals surface area (Å²) in [6.07, 6.45) is 0. The summed E-state index contributed by atoms with van der Waals surface area (Å²) in [7, 11) is -3.78. The lowest BCUT2D eigenvalue weighted by atomic mass is 10.1. The molecule has 3 aromatic rings. The first-order valence-corrected chi connectivity index (χ1v) is 9.58. The fourth-order valence-electron chi connectivity index (χ4n) is 3.09. The highest BCUT2D eigenvalue weighted by Crippen LogP contribution is 2.32. The standard InChI is InChI=1S/C16H15ClN4O3S/c17-12-4-1-3-11(9-12)14-10-18-7-8-21(14)25(22,23)15-6-2-5-13-16(15)20-24-19-13/h1-6,9,14,18H,7-8,10H2. The van der Waals surface area contributed by atoms with Crippen molar-refractivity contribution in [3.63, 3.8) is 0 Å². The number of fused-ring (bicyclic) bond motifs is 1. The molecule has 1 aromatic heterocycles. The van der Waals surface area contributed by atoms with Gasteiger partial charge in [-0.1, -0.05) is 29.8 Å². The summed E-state index contributed by atoms with van der Waals surface area (Å²) in [5.41, 5.74) is 1.50. The molecule has 1 unspecified atom stereocenters. The lowest BCUT2D eigenvalue weighted by molar-refractivity contribution is 0.271. The predicted octanol–water partition coefficient (Wildman–Crippen LogP) is 2.21. The van der Waals surface area contributed by atoms with Crippen LogP contribution in [0, 0.1) is 0 Å². The second-order valence-electron chi connectivity index (χ2n) is 5.78. The van der Waals surface area contributed by atoms with Crippen LogP contribution in [-0.2, 0) is 10.0 Å². The molecular formula is C16H15ClN4O3S. The van der Waals surface area contributed by atoms with Gasteiger partial charge in [0.2, 0.25) is 10.0 Å². The Morgan fingerprint density at radius 2 is 2.04 bits per heavy atom. The number of hydrogen-bond donors (Lipinski definition) is 1. The summed E-state index contributed by atoms with van der Waals surface area (Å²) in [6, 6.07) is 11.7. The minimum absolute atomic E-state index is 0.0974. The molecule has 2 aromatic carbocycles. The van der Waals surface area contributed by atoms with Crippen molar-refractivity contribution in [2.24, 2.45) is 0 Å². The lowest BCUT2D eigenvalue weighted by Gasteiger charge is -2.35. The van der Waals surface area contributed by atoms with Crippen molar-refractivity contribution in [2.75, 3.05) is 19.6 Å². The molecule has 1 N–H and O–H groups in total. The van der Waals surface area contributed by atoms with E-state index in [0.29, 0.717) is 30.2 Å². The Morgan fingerprint density at radius 1 is 1.20 bits per heavy atom. The van der Waals surface area contributed by atoms with Gasteiger partial charge in [0.25, 0.3) is 0 Å². The van der Waals surface area contributed by atoms with Crippen LogP contribution in [-0.4, -0.2) is 42.7 Å². The number of nitrogens with zero attached hydrogens (tertiary/aromatic N) is 3. The van der Waals surface area contributed by atoms with Crippen LogP contribution in [0.5, 0.6) is 0 Å². The fourth-order valence-corrected chi connectivity index (χ4v) is 5.04. The van der Waals surface area contributed by atoms with Gasteiger partial charge in [0.15, 0.2) is 5.52 Å². The van der Waals surface area contributed by atoms with Crippen molar-refractivity contribution in [3.05, 3.63) is 53.1 Å². The number of piperazine rings is 1. The van der Waals surface area contributed by atoms with Crippen molar-refractivity contribution < 1.29 is 13.0 Å². The van der Waals surface area contributed by atoms with Gasteiger partial charge in [0.1, 0.15) is 10.4 Å². The Kier molecular flexibility index (Phi) is 4.20. The van der Waals surface area contributed by atoms with Crippen molar-refractivity contribution in [1.29, 1.82) is 0 Å². The highest BCUT2D eigenvalue weighted by Gasteiger charge is 2.36. The monoisotopic (exact) mass is 378 g/mol. The Labute approximate surface area is 149 Å². The summed E-state index contributed by atoms with van der Waals surface area (Å²) < 4.78 is 32.8. The Morgan fingerprint density at radius 3 is 2.88 bits per heavy atom. The number of aromatic nitrogens is 2. The normalized spacial score (nSPS) is 19.3. The smallest absolute Gasteiger partial charge is 0.246 e. The van der Waals surface area contributed by atoms with Gasteiger partial charge in [0.05, 0.1) is 6.04 Å². The minimum atomic E-state index is -3.78. The molecule has 0 aliphatic carbocycles. The van der Waals surface area contributed by atoms with Crippen molar-refractivity contribution in [1.82, 2.24) is 19.9 Å². The van der Waals surface area contributed by atoms with E-state index in [1.165, 1.54) is 10.4 Å². The van der Waals surface area contributed by atoms with Gasteiger partial charge in [-0.15, -0.1) is 0 Å². The first-order valence-electron chi connectivity index (χ1n) is 7.77. The van der Waals surface area contributed by atoms with Gasteiger partial charge in [-0.3, -0.25) is 0 Å². The number of benzene rings is 2. The van der Waals surface area contributed by atoms with Gasteiger partial charge < -0.3 is 5.32 Å². The van der Waals surface area contributed by atoms with E-state index in [0.717, 1.165) is 5.56 Å². The molecule has 2 heterocycles. The maximum atomic E-state index is 13.3. The second-order valence-corrected chi connectivity index (χ2v) is 8.07. The molecule has 1 fully saturated rings. The van der Waals surface area contributed by atoms with Crippen LogP contribution in [0.1, 0.15) is 11.6 Å². The number of hydrogen-bond acceptors (Lipinski definition) is 6. The van der Waals surface area contributed by atoms with Crippen LogP contribution in [0.2, 0.25) is 5.02 Å². The van der Waals surface area contributed by atoms with Crippen LogP contribution in [0.15, 0.2) is 52.0 Å². The molecule has 25 heavy (non-hydrogen) atoms. The molecule has 1 atom stereocenters. The molecule has 0 saturated carbocycles. The third kappa shape index (κ3) is 2.91. The molecule has 130 valence electrons. The average molecular weight is 379 g/mol. The predicted molar refractivity (Wildman–Crippen MR) is 92.8 cm³/mol. The minimum Gasteiger partial charge on any atom is -0.313 e. The van der Waals surface area contributed by atoms with Gasteiger partial charge >= 0.3 is 0 Å². The third-order valence-electron chi connectivity index (χ3n) is 4.26. The van der Waals surface area contributed by atoms with Crippen molar-refractivity contribution in [3.8, 4) is 0 Å². The van der Waals surface area contributed by atoms with E-state index in [4.69, 9.17) is 16.2 Å². The Bertz CT molecular complexity index is 1020. The number of nitrogens with one attached hydrogen (secondary N) is 1. The zero-order chi connectivity index (χ0) is 17.4. The van der Waals surface area contributed by atoms with Crippen LogP contribution >= 0.6 is 11.6 Å². The first-order chi connectivity index (χ1) is 12.1. The molecule has 4 rings (SSSR count). The summed E-state index contributed by atoms with van der Waals surface area (Å²) in [4.78, 5) is 0.0974. The van der Waals surface area contributed by atoms with Crippen molar-refractivity contribution in [2.45, 2.75) is 10.9 Å². The van der Waals surface area contributed by atoms with Gasteiger partial charge in [-0.25, -0.2) is 13.0 Å². The number of halogens is 1. The van der Waals surface area contributed by atoms with E-state index >= 15 is 0 Å². The largest absolute Gasteiger partial charge is 0.313 e. The van der Waals surface area contributed by atoms with E-state index < -0.39 is 10.0 Å². The van der Waals surface area contributed by atoms with Gasteiger partial charge in [-0.05, 0) is 40.1 Å². The highest BCUT2D eigenvalue weighted by atomic mass is 35.5. The van der Waals surface area contributed by atoms with E-state index in [1.54, 1.807) is 24.3 Å². The molecule has 1 saturated heterocycles. The van der Waals surface area contributed by atoms with E-state index in [1.807, 2.05) is 12.1 Å². The second kappa shape index (κ2) is 6.38. The quantitative estimate of drug-likeness (QED) is 0.751. The maximum absolute atomic E-state index is 13.3. The summed E-state index contributed by atoms with van der Waals surface area (Å²) >= 11 is 6.09. The van der Waals surface area contributed by atoms with Crippen molar-refractivity contribution >= 4 is 32.7 Å². The van der Waals surface area contributed by atoms with Gasteiger partial charge in [0, 0.05) is 24.7 Å². The Balaban J connectivity index is 1.81. The summed E-state index contributed by atoms with van der Waals surface area (Å²) in [6.45, 7) is 1.43. The van der Waals surface area contributed by atoms with Crippen LogP contribution in [0.25, 0.3) is 11.0 Å². The molecule has 7 nitrogen and oxygen atoms in total. The molecule has 1 aliphatic heterocycles. The molecular weight excluding hydrogens is 364 g/mol. The molecule has 9 heteroatoms.